The third-order valence-electron chi connectivity index (χ3n) is 4.85. The number of carbonyl (C=O) groups excluding carboxylic acids is 1. The van der Waals surface area contributed by atoms with Crippen LogP contribution in [0.4, 0.5) is 0 Å². The Balaban J connectivity index is 1.82. The highest BCUT2D eigenvalue weighted by Crippen LogP contribution is 2.37. The summed E-state index contributed by atoms with van der Waals surface area (Å²) in [6.07, 6.45) is 4.62. The second kappa shape index (κ2) is 7.62. The summed E-state index contributed by atoms with van der Waals surface area (Å²) in [5.41, 5.74) is 1.04. The molecule has 5 nitrogen and oxygen atoms in total. The van der Waals surface area contributed by atoms with Crippen LogP contribution in [0.15, 0.2) is 12.1 Å². The number of ether oxygens (including phenoxy) is 2. The van der Waals surface area contributed by atoms with E-state index >= 15 is 0 Å². The summed E-state index contributed by atoms with van der Waals surface area (Å²) in [4.78, 5) is 14.3. The second-order valence-electron chi connectivity index (χ2n) is 6.47. The van der Waals surface area contributed by atoms with Crippen molar-refractivity contribution in [3.63, 3.8) is 0 Å². The van der Waals surface area contributed by atoms with E-state index in [4.69, 9.17) is 21.1 Å². The lowest BCUT2D eigenvalue weighted by molar-refractivity contribution is -0.128. The quantitative estimate of drug-likeness (QED) is 0.885. The third-order valence-corrected chi connectivity index (χ3v) is 5.13. The zero-order valence-corrected chi connectivity index (χ0v) is 15.1. The van der Waals surface area contributed by atoms with E-state index in [2.05, 4.69) is 10.2 Å². The van der Waals surface area contributed by atoms with E-state index in [0.29, 0.717) is 42.3 Å². The van der Waals surface area contributed by atoms with Gasteiger partial charge in [0.15, 0.2) is 11.5 Å². The van der Waals surface area contributed by atoms with Crippen LogP contribution in [0.3, 0.4) is 0 Å². The SMILES string of the molecule is CCOc1cc(CN2CC(=O)N[C@H]3CCCC[C@H]32)cc(Cl)c1OC. The minimum atomic E-state index is 0.114. The monoisotopic (exact) mass is 352 g/mol. The summed E-state index contributed by atoms with van der Waals surface area (Å²) in [5, 5.41) is 3.69. The first kappa shape index (κ1) is 17.4. The number of amides is 1. The first-order chi connectivity index (χ1) is 11.6. The third kappa shape index (κ3) is 3.62. The topological polar surface area (TPSA) is 50.8 Å². The highest BCUT2D eigenvalue weighted by molar-refractivity contribution is 6.32. The van der Waals surface area contributed by atoms with Crippen LogP contribution in [0.2, 0.25) is 5.02 Å². The number of benzene rings is 1. The lowest BCUT2D eigenvalue weighted by Crippen LogP contribution is -2.61. The largest absolute Gasteiger partial charge is 0.491 e. The Labute approximate surface area is 148 Å². The van der Waals surface area contributed by atoms with Crippen LogP contribution < -0.4 is 14.8 Å². The molecule has 1 aromatic rings. The van der Waals surface area contributed by atoms with Crippen LogP contribution in [-0.4, -0.2) is 43.2 Å². The zero-order valence-electron chi connectivity index (χ0n) is 14.3. The predicted octanol–water partition coefficient (Wildman–Crippen LogP) is 2.99. The number of carbonyl (C=O) groups is 1. The van der Waals surface area contributed by atoms with Crippen LogP contribution >= 0.6 is 11.6 Å². The average Bonchev–Trinajstić information content (AvgIpc) is 2.55. The van der Waals surface area contributed by atoms with Gasteiger partial charge in [-0.25, -0.2) is 0 Å². The molecule has 0 aromatic heterocycles. The summed E-state index contributed by atoms with van der Waals surface area (Å²) in [7, 11) is 1.59. The number of hydrogen-bond donors (Lipinski definition) is 1. The maximum Gasteiger partial charge on any atom is 0.234 e. The molecule has 2 atom stereocenters. The molecule has 1 aliphatic carbocycles. The number of rotatable bonds is 5. The highest BCUT2D eigenvalue weighted by atomic mass is 35.5. The van der Waals surface area contributed by atoms with Gasteiger partial charge in [-0.3, -0.25) is 9.69 Å². The van der Waals surface area contributed by atoms with E-state index in [0.717, 1.165) is 18.4 Å². The first-order valence-electron chi connectivity index (χ1n) is 8.65. The molecule has 1 saturated heterocycles. The zero-order chi connectivity index (χ0) is 17.1. The van der Waals surface area contributed by atoms with Gasteiger partial charge < -0.3 is 14.8 Å². The van der Waals surface area contributed by atoms with Crippen molar-refractivity contribution in [2.24, 2.45) is 0 Å². The fourth-order valence-corrected chi connectivity index (χ4v) is 4.16. The molecule has 1 amide bonds. The Kier molecular flexibility index (Phi) is 5.51. The summed E-state index contributed by atoms with van der Waals surface area (Å²) in [5.74, 6) is 1.33. The van der Waals surface area contributed by atoms with Crippen LogP contribution in [0.5, 0.6) is 11.5 Å². The van der Waals surface area contributed by atoms with Crippen molar-refractivity contribution < 1.29 is 14.3 Å². The molecular formula is C18H25ClN2O3. The molecule has 2 fully saturated rings. The minimum Gasteiger partial charge on any atom is -0.491 e. The molecule has 6 heteroatoms. The van der Waals surface area contributed by atoms with Crippen molar-refractivity contribution in [1.29, 1.82) is 0 Å². The fraction of sp³-hybridized carbons (Fsp3) is 0.611. The molecular weight excluding hydrogens is 328 g/mol. The van der Waals surface area contributed by atoms with Crippen molar-refractivity contribution in [3.05, 3.63) is 22.7 Å². The molecule has 3 rings (SSSR count). The molecule has 1 N–H and O–H groups in total. The maximum absolute atomic E-state index is 12.0. The van der Waals surface area contributed by atoms with E-state index in [9.17, 15) is 4.79 Å². The van der Waals surface area contributed by atoms with Gasteiger partial charge in [-0.1, -0.05) is 24.4 Å². The van der Waals surface area contributed by atoms with E-state index < -0.39 is 0 Å². The number of halogens is 1. The van der Waals surface area contributed by atoms with Gasteiger partial charge in [0.2, 0.25) is 5.91 Å². The van der Waals surface area contributed by atoms with Crippen molar-refractivity contribution in [2.45, 2.75) is 51.2 Å². The van der Waals surface area contributed by atoms with Gasteiger partial charge in [0.05, 0.1) is 25.3 Å². The molecule has 24 heavy (non-hydrogen) atoms. The van der Waals surface area contributed by atoms with E-state index in [1.54, 1.807) is 7.11 Å². The molecule has 1 saturated carbocycles. The molecule has 2 aliphatic rings. The maximum atomic E-state index is 12.0. The number of nitrogens with zero attached hydrogens (tertiary/aromatic N) is 1. The van der Waals surface area contributed by atoms with E-state index in [-0.39, 0.29) is 11.9 Å². The van der Waals surface area contributed by atoms with Gasteiger partial charge >= 0.3 is 0 Å². The van der Waals surface area contributed by atoms with Gasteiger partial charge in [-0.15, -0.1) is 0 Å². The van der Waals surface area contributed by atoms with Crippen LogP contribution in [0, 0.1) is 0 Å². The second-order valence-corrected chi connectivity index (χ2v) is 6.88. The summed E-state index contributed by atoms with van der Waals surface area (Å²) >= 11 is 6.35. The molecule has 0 unspecified atom stereocenters. The van der Waals surface area contributed by atoms with Gasteiger partial charge in [0.1, 0.15) is 0 Å². The number of methoxy groups -OCH3 is 1. The Morgan fingerprint density at radius 2 is 2.12 bits per heavy atom. The van der Waals surface area contributed by atoms with Crippen LogP contribution in [-0.2, 0) is 11.3 Å². The van der Waals surface area contributed by atoms with Crippen LogP contribution in [0.25, 0.3) is 0 Å². The fourth-order valence-electron chi connectivity index (χ4n) is 3.85. The first-order valence-corrected chi connectivity index (χ1v) is 9.02. The van der Waals surface area contributed by atoms with Crippen molar-refractivity contribution in [2.75, 3.05) is 20.3 Å². The van der Waals surface area contributed by atoms with Gasteiger partial charge in [0, 0.05) is 18.6 Å². The lowest BCUT2D eigenvalue weighted by Gasteiger charge is -2.44. The predicted molar refractivity (Wildman–Crippen MR) is 93.8 cm³/mol. The molecule has 0 bridgehead atoms. The standard InChI is InChI=1S/C18H25ClN2O3/c1-3-24-16-9-12(8-13(19)18(16)23-2)10-21-11-17(22)20-14-6-4-5-7-15(14)21/h8-9,14-15H,3-7,10-11H2,1-2H3,(H,20,22)/t14-,15+/m0/s1. The number of hydrogen-bond acceptors (Lipinski definition) is 4. The van der Waals surface area contributed by atoms with Gasteiger partial charge in [-0.2, -0.15) is 0 Å². The summed E-state index contributed by atoms with van der Waals surface area (Å²) in [6, 6.07) is 4.57. The molecule has 0 spiro atoms. The van der Waals surface area contributed by atoms with Crippen molar-refractivity contribution >= 4 is 17.5 Å². The number of fused-ring (bicyclic) bond motifs is 1. The average molecular weight is 353 g/mol. The summed E-state index contributed by atoms with van der Waals surface area (Å²) < 4.78 is 11.0. The Hall–Kier alpha value is -1.46. The molecule has 1 aliphatic heterocycles. The number of piperazine rings is 1. The van der Waals surface area contributed by atoms with Gasteiger partial charge in [-0.05, 0) is 37.5 Å². The van der Waals surface area contributed by atoms with Crippen molar-refractivity contribution in [3.8, 4) is 11.5 Å². The van der Waals surface area contributed by atoms with Crippen molar-refractivity contribution in [1.82, 2.24) is 10.2 Å². The molecule has 132 valence electrons. The van der Waals surface area contributed by atoms with Gasteiger partial charge in [0.25, 0.3) is 0 Å². The number of nitrogens with one attached hydrogen (secondary N) is 1. The van der Waals surface area contributed by atoms with E-state index in [1.165, 1.54) is 12.8 Å². The molecule has 1 heterocycles. The molecule has 0 radical (unpaired) electrons. The van der Waals surface area contributed by atoms with Crippen LogP contribution in [0.1, 0.15) is 38.2 Å². The minimum absolute atomic E-state index is 0.114. The Bertz CT molecular complexity index is 608. The molecule has 1 aromatic carbocycles. The van der Waals surface area contributed by atoms with E-state index in [1.807, 2.05) is 19.1 Å². The normalized spacial score (nSPS) is 24.2. The smallest absolute Gasteiger partial charge is 0.234 e. The summed E-state index contributed by atoms with van der Waals surface area (Å²) in [6.45, 7) is 3.61. The highest BCUT2D eigenvalue weighted by Gasteiger charge is 2.36. The lowest BCUT2D eigenvalue weighted by atomic mass is 9.87. The Morgan fingerprint density at radius 1 is 1.33 bits per heavy atom. The Morgan fingerprint density at radius 3 is 2.88 bits per heavy atom.